The number of nitrogens with zero attached hydrogens (tertiary/aromatic N) is 1. The number of thiazole rings is 1. The van der Waals surface area contributed by atoms with Gasteiger partial charge in [-0.1, -0.05) is 36.1 Å². The molecular formula is C21H29NO3S2. The number of aliphatic hydroxyl groups is 2. The van der Waals surface area contributed by atoms with Crippen LogP contribution in [0.2, 0.25) is 0 Å². The van der Waals surface area contributed by atoms with Gasteiger partial charge in [-0.2, -0.15) is 0 Å². The zero-order valence-electron chi connectivity index (χ0n) is 15.9. The smallest absolute Gasteiger partial charge is 0.150 e. The van der Waals surface area contributed by atoms with E-state index < -0.39 is 0 Å². The molecule has 3 atom stereocenters. The number of aliphatic hydroxyl groups excluding tert-OH is 2. The fraction of sp³-hybridized carbons (Fsp3) is 0.524. The van der Waals surface area contributed by atoms with Crippen molar-refractivity contribution in [3.8, 4) is 0 Å². The van der Waals surface area contributed by atoms with Crippen LogP contribution in [0.3, 0.4) is 0 Å². The molecule has 0 amide bonds. The Labute approximate surface area is 170 Å². The first kappa shape index (κ1) is 21.9. The predicted molar refractivity (Wildman–Crippen MR) is 114 cm³/mol. The lowest BCUT2D eigenvalue weighted by atomic mass is 9.92. The third-order valence-corrected chi connectivity index (χ3v) is 6.84. The number of carbonyl (C=O) groups is 1. The summed E-state index contributed by atoms with van der Waals surface area (Å²) >= 11 is 3.10. The molecule has 1 fully saturated rings. The average Bonchev–Trinajstić information content (AvgIpc) is 3.21. The molecule has 0 aliphatic heterocycles. The van der Waals surface area contributed by atoms with Crippen LogP contribution in [-0.4, -0.2) is 32.8 Å². The van der Waals surface area contributed by atoms with Crippen LogP contribution in [0.1, 0.15) is 51.1 Å². The van der Waals surface area contributed by atoms with Crippen molar-refractivity contribution in [2.45, 2.75) is 55.9 Å². The summed E-state index contributed by atoms with van der Waals surface area (Å²) in [5, 5.41) is 21.1. The number of hydrogen-bond acceptors (Lipinski definition) is 6. The Kier molecular flexibility index (Phi) is 8.80. The molecule has 0 bridgehead atoms. The van der Waals surface area contributed by atoms with E-state index in [1.165, 1.54) is 11.3 Å². The molecule has 2 N–H and O–H groups in total. The van der Waals surface area contributed by atoms with Gasteiger partial charge in [0.05, 0.1) is 6.10 Å². The highest BCUT2D eigenvalue weighted by atomic mass is 32.2. The summed E-state index contributed by atoms with van der Waals surface area (Å²) in [6.07, 6.45) is 8.40. The van der Waals surface area contributed by atoms with Crippen molar-refractivity contribution in [2.75, 3.05) is 5.75 Å². The zero-order chi connectivity index (χ0) is 19.8. The van der Waals surface area contributed by atoms with Crippen molar-refractivity contribution in [1.82, 2.24) is 4.98 Å². The number of carbonyl (C=O) groups excluding carboxylic acids is 1. The van der Waals surface area contributed by atoms with Gasteiger partial charge in [-0.25, -0.2) is 4.98 Å². The topological polar surface area (TPSA) is 70.4 Å². The fourth-order valence-electron chi connectivity index (χ4n) is 3.21. The van der Waals surface area contributed by atoms with E-state index >= 15 is 0 Å². The Morgan fingerprint density at radius 1 is 1.52 bits per heavy atom. The molecule has 1 heterocycles. The highest BCUT2D eigenvalue weighted by molar-refractivity contribution is 8.01. The molecule has 6 heteroatoms. The first-order chi connectivity index (χ1) is 12.9. The summed E-state index contributed by atoms with van der Waals surface area (Å²) in [4.78, 5) is 16.5. The summed E-state index contributed by atoms with van der Waals surface area (Å²) in [6, 6.07) is 0. The number of thioether (sulfide) groups is 1. The normalized spacial score (nSPS) is 21.0. The van der Waals surface area contributed by atoms with E-state index in [1.54, 1.807) is 17.1 Å². The molecule has 0 radical (unpaired) electrons. The second kappa shape index (κ2) is 10.8. The van der Waals surface area contributed by atoms with Crippen LogP contribution in [0.5, 0.6) is 0 Å². The van der Waals surface area contributed by atoms with Crippen molar-refractivity contribution in [3.63, 3.8) is 0 Å². The number of rotatable bonds is 11. The standard InChI is InChI=1S/C21H29NO3S2/c1-14(2)7-9-17(24)6-4-5-16-8-10-20(25)18(16)11-12-26-21-22-19(13-27-21)15(3)23/h4-5,13,16-18,23-24H,1,3,6-12H2,2H3/b5-4+/t16?,17-,18+/m0/s1. The second-order valence-corrected chi connectivity index (χ2v) is 9.37. The maximum atomic E-state index is 12.2. The molecule has 1 unspecified atom stereocenters. The number of Topliss-reactive ketones (excluding diaryl/α,β-unsaturated/α-hetero) is 1. The zero-order valence-corrected chi connectivity index (χ0v) is 17.5. The monoisotopic (exact) mass is 407 g/mol. The van der Waals surface area contributed by atoms with Crippen LogP contribution in [0.15, 0.2) is 40.6 Å². The molecule has 0 saturated heterocycles. The number of allylic oxidation sites excluding steroid dienone is 2. The maximum Gasteiger partial charge on any atom is 0.150 e. The van der Waals surface area contributed by atoms with Gasteiger partial charge < -0.3 is 10.2 Å². The molecule has 0 spiro atoms. The van der Waals surface area contributed by atoms with Crippen molar-refractivity contribution < 1.29 is 15.0 Å². The van der Waals surface area contributed by atoms with E-state index in [2.05, 4.69) is 24.2 Å². The highest BCUT2D eigenvalue weighted by Crippen LogP contribution is 2.35. The lowest BCUT2D eigenvalue weighted by Crippen LogP contribution is -2.14. The van der Waals surface area contributed by atoms with Crippen molar-refractivity contribution in [3.05, 3.63) is 42.0 Å². The van der Waals surface area contributed by atoms with E-state index in [-0.39, 0.29) is 23.7 Å². The number of hydrogen-bond donors (Lipinski definition) is 2. The van der Waals surface area contributed by atoms with E-state index in [0.29, 0.717) is 24.3 Å². The molecule has 1 aliphatic rings. The third-order valence-electron chi connectivity index (χ3n) is 4.78. The van der Waals surface area contributed by atoms with Gasteiger partial charge in [-0.05, 0) is 44.9 Å². The lowest BCUT2D eigenvalue weighted by Gasteiger charge is -2.15. The SMILES string of the molecule is C=C(C)CC[C@@H](O)C/C=C/C1CCC(=O)[C@@H]1CCSc1nc(C(=C)O)cs1. The molecule has 148 valence electrons. The highest BCUT2D eigenvalue weighted by Gasteiger charge is 2.32. The number of ketones is 1. The van der Waals surface area contributed by atoms with Gasteiger partial charge >= 0.3 is 0 Å². The van der Waals surface area contributed by atoms with Crippen LogP contribution < -0.4 is 0 Å². The summed E-state index contributed by atoms with van der Waals surface area (Å²) < 4.78 is 0.887. The Balaban J connectivity index is 1.78. The number of aromatic nitrogens is 1. The molecule has 1 saturated carbocycles. The summed E-state index contributed by atoms with van der Waals surface area (Å²) in [7, 11) is 0. The minimum Gasteiger partial charge on any atom is -0.506 e. The molecular weight excluding hydrogens is 378 g/mol. The van der Waals surface area contributed by atoms with Crippen molar-refractivity contribution in [2.24, 2.45) is 11.8 Å². The summed E-state index contributed by atoms with van der Waals surface area (Å²) in [6.45, 7) is 9.31. The summed E-state index contributed by atoms with van der Waals surface area (Å²) in [5.74, 6) is 1.49. The van der Waals surface area contributed by atoms with Crippen molar-refractivity contribution in [1.29, 1.82) is 0 Å². The molecule has 1 aromatic heterocycles. The Hall–Kier alpha value is -1.37. The molecule has 27 heavy (non-hydrogen) atoms. The van der Waals surface area contributed by atoms with Crippen molar-refractivity contribution >= 4 is 34.6 Å². The Bertz CT molecular complexity index is 695. The fourth-order valence-corrected chi connectivity index (χ4v) is 5.14. The largest absolute Gasteiger partial charge is 0.506 e. The molecule has 1 aromatic rings. The molecule has 2 rings (SSSR count). The minimum atomic E-state index is -0.343. The predicted octanol–water partition coefficient (Wildman–Crippen LogP) is 5.41. The average molecular weight is 408 g/mol. The van der Waals surface area contributed by atoms with Crippen LogP contribution >= 0.6 is 23.1 Å². The molecule has 4 nitrogen and oxygen atoms in total. The van der Waals surface area contributed by atoms with E-state index in [9.17, 15) is 15.0 Å². The van der Waals surface area contributed by atoms with Crippen LogP contribution in [-0.2, 0) is 4.79 Å². The van der Waals surface area contributed by atoms with Crippen LogP contribution in [0, 0.1) is 11.8 Å². The molecule has 0 aromatic carbocycles. The molecule has 1 aliphatic carbocycles. The lowest BCUT2D eigenvalue weighted by molar-refractivity contribution is -0.121. The Morgan fingerprint density at radius 3 is 2.96 bits per heavy atom. The first-order valence-corrected chi connectivity index (χ1v) is 11.2. The van der Waals surface area contributed by atoms with E-state index in [0.717, 1.165) is 41.3 Å². The van der Waals surface area contributed by atoms with Gasteiger partial charge in [0, 0.05) is 23.5 Å². The van der Waals surface area contributed by atoms with Gasteiger partial charge in [0.1, 0.15) is 17.2 Å². The van der Waals surface area contributed by atoms with Gasteiger partial charge in [-0.15, -0.1) is 17.9 Å². The quantitative estimate of drug-likeness (QED) is 0.291. The third kappa shape index (κ3) is 7.28. The van der Waals surface area contributed by atoms with E-state index in [1.807, 2.05) is 13.0 Å². The van der Waals surface area contributed by atoms with Crippen LogP contribution in [0.4, 0.5) is 0 Å². The van der Waals surface area contributed by atoms with Gasteiger partial charge in [0.15, 0.2) is 4.34 Å². The van der Waals surface area contributed by atoms with Crippen LogP contribution in [0.25, 0.3) is 5.76 Å². The maximum absolute atomic E-state index is 12.2. The minimum absolute atomic E-state index is 0.0142. The first-order valence-electron chi connectivity index (χ1n) is 9.35. The Morgan fingerprint density at radius 2 is 2.30 bits per heavy atom. The van der Waals surface area contributed by atoms with Gasteiger partial charge in [-0.3, -0.25) is 4.79 Å². The van der Waals surface area contributed by atoms with Gasteiger partial charge in [0.2, 0.25) is 0 Å². The van der Waals surface area contributed by atoms with Gasteiger partial charge in [0.25, 0.3) is 0 Å². The van der Waals surface area contributed by atoms with E-state index in [4.69, 9.17) is 0 Å². The second-order valence-electron chi connectivity index (χ2n) is 7.17. The summed E-state index contributed by atoms with van der Waals surface area (Å²) in [5.41, 5.74) is 1.61.